The Bertz CT molecular complexity index is 856. The smallest absolute Gasteiger partial charge is 0.328 e. The summed E-state index contributed by atoms with van der Waals surface area (Å²) in [6.07, 6.45) is 0.104. The van der Waals surface area contributed by atoms with Crippen molar-refractivity contribution in [3.8, 4) is 0 Å². The number of anilines is 1. The van der Waals surface area contributed by atoms with E-state index >= 15 is 0 Å². The predicted molar refractivity (Wildman–Crippen MR) is 87.0 cm³/mol. The van der Waals surface area contributed by atoms with E-state index in [1.165, 1.54) is 13.1 Å². The Morgan fingerprint density at radius 3 is 2.54 bits per heavy atom. The highest BCUT2D eigenvalue weighted by Crippen LogP contribution is 2.13. The van der Waals surface area contributed by atoms with Crippen LogP contribution in [0, 0.1) is 0 Å². The maximum absolute atomic E-state index is 12.0. The lowest BCUT2D eigenvalue weighted by Crippen LogP contribution is -2.34. The first kappa shape index (κ1) is 17.5. The molecule has 1 aromatic heterocycles. The van der Waals surface area contributed by atoms with Gasteiger partial charge in [-0.3, -0.25) is 23.9 Å². The maximum Gasteiger partial charge on any atom is 0.328 e. The van der Waals surface area contributed by atoms with E-state index in [1.807, 2.05) is 4.98 Å². The number of carbonyl (C=O) groups excluding carboxylic acids is 2. The van der Waals surface area contributed by atoms with Gasteiger partial charge in [0.2, 0.25) is 0 Å². The molecule has 126 valence electrons. The molecule has 0 radical (unpaired) electrons. The van der Waals surface area contributed by atoms with Crippen LogP contribution in [-0.2, 0) is 20.9 Å². The summed E-state index contributed by atoms with van der Waals surface area (Å²) in [5, 5.41) is 3.09. The van der Waals surface area contributed by atoms with Crippen molar-refractivity contribution in [1.29, 1.82) is 0 Å². The normalized spacial score (nSPS) is 11.6. The van der Waals surface area contributed by atoms with Gasteiger partial charge in [0.05, 0.1) is 0 Å². The second-order valence-electron chi connectivity index (χ2n) is 4.87. The van der Waals surface area contributed by atoms with Crippen LogP contribution in [0.3, 0.4) is 0 Å². The van der Waals surface area contributed by atoms with Gasteiger partial charge in [0.1, 0.15) is 6.54 Å². The Morgan fingerprint density at radius 1 is 1.25 bits per heavy atom. The van der Waals surface area contributed by atoms with Crippen molar-refractivity contribution in [1.82, 2.24) is 9.55 Å². The molecule has 2 aromatic rings. The fraction of sp³-hybridized carbons (Fsp3) is 0.200. The Kier molecular flexibility index (Phi) is 5.54. The highest BCUT2D eigenvalue weighted by molar-refractivity contribution is 6.30. The van der Waals surface area contributed by atoms with Crippen molar-refractivity contribution in [3.05, 3.63) is 62.4 Å². The van der Waals surface area contributed by atoms with E-state index in [-0.39, 0.29) is 0 Å². The lowest BCUT2D eigenvalue weighted by Gasteiger charge is -2.14. The topological polar surface area (TPSA) is 110 Å². The Balaban J connectivity index is 1.92. The molecule has 1 heterocycles. The van der Waals surface area contributed by atoms with E-state index in [0.717, 1.165) is 10.6 Å². The minimum Gasteiger partial charge on any atom is -0.451 e. The number of hydrogen-bond acceptors (Lipinski definition) is 5. The van der Waals surface area contributed by atoms with Gasteiger partial charge < -0.3 is 10.1 Å². The lowest BCUT2D eigenvalue weighted by atomic mass is 10.3. The minimum atomic E-state index is -1.06. The average Bonchev–Trinajstić information content (AvgIpc) is 2.52. The number of amides is 1. The van der Waals surface area contributed by atoms with Crippen LogP contribution < -0.4 is 16.6 Å². The molecule has 0 spiro atoms. The number of nitrogens with zero attached hydrogens (tertiary/aromatic N) is 1. The number of esters is 1. The van der Waals surface area contributed by atoms with Crippen LogP contribution in [0.1, 0.15) is 6.92 Å². The van der Waals surface area contributed by atoms with Gasteiger partial charge in [-0.15, -0.1) is 0 Å². The third-order valence-electron chi connectivity index (χ3n) is 2.99. The van der Waals surface area contributed by atoms with Gasteiger partial charge in [-0.25, -0.2) is 4.79 Å². The monoisotopic (exact) mass is 351 g/mol. The molecule has 2 rings (SSSR count). The van der Waals surface area contributed by atoms with E-state index < -0.39 is 35.8 Å². The molecule has 1 atom stereocenters. The molecule has 0 bridgehead atoms. The molecule has 2 N–H and O–H groups in total. The summed E-state index contributed by atoms with van der Waals surface area (Å²) in [6, 6.07) is 7.53. The molecular weight excluding hydrogens is 338 g/mol. The van der Waals surface area contributed by atoms with Gasteiger partial charge >= 0.3 is 11.7 Å². The second-order valence-corrected chi connectivity index (χ2v) is 5.30. The van der Waals surface area contributed by atoms with Crippen molar-refractivity contribution < 1.29 is 14.3 Å². The zero-order chi connectivity index (χ0) is 17.7. The number of halogens is 1. The number of aromatic nitrogens is 2. The highest BCUT2D eigenvalue weighted by atomic mass is 35.5. The van der Waals surface area contributed by atoms with Crippen LogP contribution in [0.25, 0.3) is 0 Å². The molecule has 0 aliphatic heterocycles. The number of rotatable bonds is 5. The number of ether oxygens (including phenoxy) is 1. The van der Waals surface area contributed by atoms with Crippen molar-refractivity contribution in [2.75, 3.05) is 5.32 Å². The van der Waals surface area contributed by atoms with Crippen molar-refractivity contribution in [2.45, 2.75) is 19.6 Å². The van der Waals surface area contributed by atoms with Crippen molar-refractivity contribution in [2.24, 2.45) is 0 Å². The molecule has 0 saturated heterocycles. The number of carbonyl (C=O) groups is 2. The summed E-state index contributed by atoms with van der Waals surface area (Å²) in [4.78, 5) is 48.2. The quantitative estimate of drug-likeness (QED) is 0.773. The summed E-state index contributed by atoms with van der Waals surface area (Å²) in [7, 11) is 0. The van der Waals surface area contributed by atoms with Gasteiger partial charge in [0.25, 0.3) is 11.5 Å². The zero-order valence-corrected chi connectivity index (χ0v) is 13.4. The van der Waals surface area contributed by atoms with Crippen LogP contribution in [0.15, 0.2) is 46.1 Å². The van der Waals surface area contributed by atoms with E-state index in [4.69, 9.17) is 16.3 Å². The number of H-pyrrole nitrogens is 1. The van der Waals surface area contributed by atoms with Crippen LogP contribution in [-0.4, -0.2) is 27.5 Å². The third-order valence-corrected chi connectivity index (χ3v) is 3.24. The lowest BCUT2D eigenvalue weighted by molar-refractivity contribution is -0.153. The number of aromatic amines is 1. The van der Waals surface area contributed by atoms with Crippen LogP contribution in [0.5, 0.6) is 0 Å². The Labute approximate surface area is 141 Å². The zero-order valence-electron chi connectivity index (χ0n) is 12.6. The standard InChI is InChI=1S/C15H14ClN3O5/c1-9(14(22)17-11-4-2-10(16)3-5-11)24-13(21)8-19-7-6-12(20)18-15(19)23/h2-7,9H,8H2,1H3,(H,17,22)(H,18,20,23)/t9-/m1/s1. The molecule has 1 amide bonds. The highest BCUT2D eigenvalue weighted by Gasteiger charge is 2.18. The Morgan fingerprint density at radius 2 is 1.92 bits per heavy atom. The maximum atomic E-state index is 12.0. The minimum absolute atomic E-state index is 0.422. The van der Waals surface area contributed by atoms with E-state index in [2.05, 4.69) is 5.32 Å². The Hall–Kier alpha value is -2.87. The summed E-state index contributed by atoms with van der Waals surface area (Å²) >= 11 is 5.75. The summed E-state index contributed by atoms with van der Waals surface area (Å²) in [5.74, 6) is -1.32. The van der Waals surface area contributed by atoms with Gasteiger partial charge in [0.15, 0.2) is 6.10 Å². The summed E-state index contributed by atoms with van der Waals surface area (Å²) < 4.78 is 5.93. The second kappa shape index (κ2) is 7.60. The van der Waals surface area contributed by atoms with E-state index in [9.17, 15) is 19.2 Å². The first-order valence-electron chi connectivity index (χ1n) is 6.91. The fourth-order valence-electron chi connectivity index (χ4n) is 1.77. The van der Waals surface area contributed by atoms with Gasteiger partial charge in [-0.05, 0) is 31.2 Å². The molecule has 0 aliphatic carbocycles. The van der Waals surface area contributed by atoms with Gasteiger partial charge in [-0.1, -0.05) is 11.6 Å². The average molecular weight is 352 g/mol. The number of benzene rings is 1. The van der Waals surface area contributed by atoms with Crippen LogP contribution in [0.2, 0.25) is 5.02 Å². The van der Waals surface area contributed by atoms with Gasteiger partial charge in [-0.2, -0.15) is 0 Å². The fourth-order valence-corrected chi connectivity index (χ4v) is 1.90. The predicted octanol–water partition coefficient (Wildman–Crippen LogP) is 0.760. The third kappa shape index (κ3) is 4.82. The molecule has 9 heteroatoms. The molecule has 0 fully saturated rings. The molecule has 0 unspecified atom stereocenters. The first-order chi connectivity index (χ1) is 11.3. The number of nitrogens with one attached hydrogen (secondary N) is 2. The van der Waals surface area contributed by atoms with Gasteiger partial charge in [0, 0.05) is 23.0 Å². The van der Waals surface area contributed by atoms with Crippen molar-refractivity contribution >= 4 is 29.2 Å². The summed E-state index contributed by atoms with van der Waals surface area (Å²) in [5.41, 5.74) is -0.804. The molecule has 24 heavy (non-hydrogen) atoms. The first-order valence-corrected chi connectivity index (χ1v) is 7.28. The van der Waals surface area contributed by atoms with E-state index in [1.54, 1.807) is 24.3 Å². The molecular formula is C15H14ClN3O5. The van der Waals surface area contributed by atoms with Crippen molar-refractivity contribution in [3.63, 3.8) is 0 Å². The number of hydrogen-bond donors (Lipinski definition) is 2. The largest absolute Gasteiger partial charge is 0.451 e. The molecule has 8 nitrogen and oxygen atoms in total. The summed E-state index contributed by atoms with van der Waals surface area (Å²) in [6.45, 7) is 0.979. The molecule has 0 saturated carbocycles. The van der Waals surface area contributed by atoms with E-state index in [0.29, 0.717) is 10.7 Å². The molecule has 1 aromatic carbocycles. The SMILES string of the molecule is C[C@@H](OC(=O)Cn1ccc(=O)[nH]c1=O)C(=O)Nc1ccc(Cl)cc1. The molecule has 0 aliphatic rings. The van der Waals surface area contributed by atoms with Crippen LogP contribution in [0.4, 0.5) is 5.69 Å². The van der Waals surface area contributed by atoms with Crippen LogP contribution >= 0.6 is 11.6 Å².